The number of rotatable bonds is 4. The van der Waals surface area contributed by atoms with E-state index in [4.69, 9.17) is 16.3 Å². The summed E-state index contributed by atoms with van der Waals surface area (Å²) in [4.78, 5) is 12.3. The minimum absolute atomic E-state index is 0.0464. The van der Waals surface area contributed by atoms with Gasteiger partial charge in [-0.1, -0.05) is 5.10 Å². The second kappa shape index (κ2) is 6.07. The van der Waals surface area contributed by atoms with Gasteiger partial charge in [0.15, 0.2) is 0 Å². The number of hydrogen-bond acceptors (Lipinski definition) is 6. The van der Waals surface area contributed by atoms with Gasteiger partial charge in [0, 0.05) is 23.7 Å². The third-order valence-electron chi connectivity index (χ3n) is 4.32. The lowest BCUT2D eigenvalue weighted by Gasteiger charge is -2.21. The maximum Gasteiger partial charge on any atom is 0.300 e. The quantitative estimate of drug-likeness (QED) is 0.886. The van der Waals surface area contributed by atoms with Gasteiger partial charge in [0.1, 0.15) is 5.75 Å². The molecule has 3 unspecified atom stereocenters. The largest absolute Gasteiger partial charge is 0.430 e. The Morgan fingerprint density at radius 1 is 1.30 bits per heavy atom. The van der Waals surface area contributed by atoms with Gasteiger partial charge in [-0.25, -0.2) is 0 Å². The van der Waals surface area contributed by atoms with Gasteiger partial charge in [0.2, 0.25) is 4.47 Å². The fourth-order valence-electron chi connectivity index (χ4n) is 3.24. The van der Waals surface area contributed by atoms with Crippen LogP contribution < -0.4 is 15.4 Å². The van der Waals surface area contributed by atoms with E-state index in [2.05, 4.69) is 20.8 Å². The van der Waals surface area contributed by atoms with E-state index in [0.29, 0.717) is 33.1 Å². The van der Waals surface area contributed by atoms with E-state index in [0.717, 1.165) is 24.2 Å². The molecule has 3 heterocycles. The number of carbonyl (C=O) groups is 1. The minimum Gasteiger partial charge on any atom is -0.430 e. The molecular formula is C15H15ClN4O2S. The number of nitrogens with one attached hydrogen (secondary N) is 2. The maximum absolute atomic E-state index is 12.3. The molecule has 0 spiro atoms. The molecule has 120 valence electrons. The van der Waals surface area contributed by atoms with Gasteiger partial charge in [-0.2, -0.15) is 0 Å². The molecule has 2 fully saturated rings. The number of nitrogens with zero attached hydrogens (tertiary/aromatic N) is 2. The molecule has 0 radical (unpaired) electrons. The molecule has 1 aromatic heterocycles. The summed E-state index contributed by atoms with van der Waals surface area (Å²) >= 11 is 6.86. The van der Waals surface area contributed by atoms with Crippen molar-refractivity contribution < 1.29 is 9.53 Å². The number of halogens is 1. The number of amides is 1. The van der Waals surface area contributed by atoms with Gasteiger partial charge in [-0.3, -0.25) is 4.79 Å². The van der Waals surface area contributed by atoms with Crippen LogP contribution in [0.2, 0.25) is 4.47 Å². The van der Waals surface area contributed by atoms with Crippen molar-refractivity contribution in [2.45, 2.75) is 37.4 Å². The molecule has 4 rings (SSSR count). The third-order valence-corrected chi connectivity index (χ3v) is 5.22. The molecule has 0 aliphatic carbocycles. The first-order valence-electron chi connectivity index (χ1n) is 7.51. The lowest BCUT2D eigenvalue weighted by molar-refractivity contribution is 0.0931. The monoisotopic (exact) mass is 350 g/mol. The predicted molar refractivity (Wildman–Crippen MR) is 87.3 cm³/mol. The zero-order chi connectivity index (χ0) is 15.8. The number of hydrogen-bond donors (Lipinski definition) is 2. The summed E-state index contributed by atoms with van der Waals surface area (Å²) in [6.45, 7) is 0. The average Bonchev–Trinajstić information content (AvgIpc) is 3.25. The second-order valence-electron chi connectivity index (χ2n) is 5.81. The van der Waals surface area contributed by atoms with Crippen molar-refractivity contribution in [2.24, 2.45) is 0 Å². The molecule has 2 aromatic rings. The minimum atomic E-state index is -0.0464. The van der Waals surface area contributed by atoms with Crippen molar-refractivity contribution in [1.29, 1.82) is 0 Å². The highest BCUT2D eigenvalue weighted by molar-refractivity contribution is 7.17. The first kappa shape index (κ1) is 14.9. The van der Waals surface area contributed by atoms with Gasteiger partial charge in [-0.05, 0) is 66.5 Å². The lowest BCUT2D eigenvalue weighted by Crippen LogP contribution is -2.42. The summed E-state index contributed by atoms with van der Waals surface area (Å²) in [5.41, 5.74) is 0.621. The molecule has 8 heteroatoms. The standard InChI is InChI=1S/C15H15ClN4O2S/c16-14-19-20-15(23-14)22-10-4-1-8(2-5-10)13(21)18-12-7-9-3-6-11(12)17-9/h1-2,4-5,9,11-12,17H,3,6-7H2,(H,18,21). The molecule has 3 atom stereocenters. The number of benzene rings is 1. The summed E-state index contributed by atoms with van der Waals surface area (Å²) < 4.78 is 5.86. The molecule has 23 heavy (non-hydrogen) atoms. The molecule has 1 aromatic carbocycles. The predicted octanol–water partition coefficient (Wildman–Crippen LogP) is 2.61. The Bertz CT molecular complexity index is 721. The number of carbonyl (C=O) groups excluding carboxylic acids is 1. The van der Waals surface area contributed by atoms with Crippen molar-refractivity contribution in [1.82, 2.24) is 20.8 Å². The molecule has 2 saturated heterocycles. The molecule has 2 bridgehead atoms. The second-order valence-corrected chi connectivity index (χ2v) is 7.33. The summed E-state index contributed by atoms with van der Waals surface area (Å²) in [7, 11) is 0. The topological polar surface area (TPSA) is 76.1 Å². The van der Waals surface area contributed by atoms with Crippen LogP contribution in [0.4, 0.5) is 0 Å². The highest BCUT2D eigenvalue weighted by Gasteiger charge is 2.39. The first-order chi connectivity index (χ1) is 11.2. The smallest absolute Gasteiger partial charge is 0.300 e. The zero-order valence-corrected chi connectivity index (χ0v) is 13.7. The van der Waals surface area contributed by atoms with Crippen LogP contribution in [0.15, 0.2) is 24.3 Å². The maximum atomic E-state index is 12.3. The lowest BCUT2D eigenvalue weighted by atomic mass is 9.95. The first-order valence-corrected chi connectivity index (χ1v) is 8.70. The summed E-state index contributed by atoms with van der Waals surface area (Å²) in [6.07, 6.45) is 3.39. The fourth-order valence-corrected chi connectivity index (χ4v) is 3.93. The molecule has 6 nitrogen and oxygen atoms in total. The van der Waals surface area contributed by atoms with Gasteiger partial charge < -0.3 is 15.4 Å². The molecule has 2 aliphatic heterocycles. The van der Waals surface area contributed by atoms with Crippen LogP contribution in [0.1, 0.15) is 29.6 Å². The molecular weight excluding hydrogens is 336 g/mol. The highest BCUT2D eigenvalue weighted by Crippen LogP contribution is 2.29. The van der Waals surface area contributed by atoms with Gasteiger partial charge in [-0.15, -0.1) is 5.10 Å². The fraction of sp³-hybridized carbons (Fsp3) is 0.400. The van der Waals surface area contributed by atoms with Crippen LogP contribution in [0.5, 0.6) is 10.9 Å². The van der Waals surface area contributed by atoms with Crippen LogP contribution in [0.25, 0.3) is 0 Å². The Balaban J connectivity index is 1.38. The SMILES string of the molecule is O=C(NC1CC2CCC1N2)c1ccc(Oc2nnc(Cl)s2)cc1. The van der Waals surface area contributed by atoms with E-state index >= 15 is 0 Å². The molecule has 0 saturated carbocycles. The normalized spacial score (nSPS) is 25.5. The van der Waals surface area contributed by atoms with Gasteiger partial charge in [0.25, 0.3) is 5.91 Å². The Kier molecular flexibility index (Phi) is 3.92. The number of fused-ring (bicyclic) bond motifs is 2. The summed E-state index contributed by atoms with van der Waals surface area (Å²) in [5, 5.41) is 14.5. The van der Waals surface area contributed by atoms with Crippen LogP contribution in [-0.2, 0) is 0 Å². The van der Waals surface area contributed by atoms with Crippen molar-refractivity contribution in [3.63, 3.8) is 0 Å². The number of ether oxygens (including phenoxy) is 1. The van der Waals surface area contributed by atoms with E-state index in [1.807, 2.05) is 0 Å². The average molecular weight is 351 g/mol. The van der Waals surface area contributed by atoms with E-state index in [1.54, 1.807) is 24.3 Å². The number of aromatic nitrogens is 2. The Morgan fingerprint density at radius 2 is 2.13 bits per heavy atom. The molecule has 1 amide bonds. The van der Waals surface area contributed by atoms with Crippen molar-refractivity contribution in [3.05, 3.63) is 34.3 Å². The van der Waals surface area contributed by atoms with Crippen LogP contribution >= 0.6 is 22.9 Å². The zero-order valence-electron chi connectivity index (χ0n) is 12.2. The Labute approximate surface area is 142 Å². The van der Waals surface area contributed by atoms with Gasteiger partial charge >= 0.3 is 5.19 Å². The van der Waals surface area contributed by atoms with E-state index in [9.17, 15) is 4.79 Å². The summed E-state index contributed by atoms with van der Waals surface area (Å²) in [5.74, 6) is 0.547. The van der Waals surface area contributed by atoms with Crippen molar-refractivity contribution >= 4 is 28.8 Å². The Morgan fingerprint density at radius 3 is 2.74 bits per heavy atom. The van der Waals surface area contributed by atoms with Crippen LogP contribution in [0, 0.1) is 0 Å². The third kappa shape index (κ3) is 3.17. The van der Waals surface area contributed by atoms with E-state index in [1.165, 1.54) is 6.42 Å². The van der Waals surface area contributed by atoms with Crippen LogP contribution in [-0.4, -0.2) is 34.2 Å². The van der Waals surface area contributed by atoms with Crippen LogP contribution in [0.3, 0.4) is 0 Å². The summed E-state index contributed by atoms with van der Waals surface area (Å²) in [6, 6.07) is 8.20. The van der Waals surface area contributed by atoms with E-state index < -0.39 is 0 Å². The Hall–Kier alpha value is -1.70. The van der Waals surface area contributed by atoms with Crippen molar-refractivity contribution in [3.8, 4) is 10.9 Å². The molecule has 2 N–H and O–H groups in total. The molecule has 2 aliphatic rings. The van der Waals surface area contributed by atoms with Crippen molar-refractivity contribution in [2.75, 3.05) is 0 Å². The highest BCUT2D eigenvalue weighted by atomic mass is 35.5. The van der Waals surface area contributed by atoms with E-state index in [-0.39, 0.29) is 11.9 Å². The van der Waals surface area contributed by atoms with Gasteiger partial charge in [0.05, 0.1) is 0 Å².